The maximum Gasteiger partial charge on any atom is 0.236 e. The molecule has 0 radical (unpaired) electrons. The van der Waals surface area contributed by atoms with Gasteiger partial charge in [-0.15, -0.1) is 6.58 Å². The Morgan fingerprint density at radius 2 is 1.95 bits per heavy atom. The van der Waals surface area contributed by atoms with E-state index in [1.807, 2.05) is 17.0 Å². The summed E-state index contributed by atoms with van der Waals surface area (Å²) in [6.07, 6.45) is 1.76. The van der Waals surface area contributed by atoms with Crippen LogP contribution in [0, 0.1) is 0 Å². The zero-order valence-electron chi connectivity index (χ0n) is 12.5. The molecule has 0 aliphatic carbocycles. The predicted molar refractivity (Wildman–Crippen MR) is 84.9 cm³/mol. The van der Waals surface area contributed by atoms with Gasteiger partial charge >= 0.3 is 0 Å². The topological polar surface area (TPSA) is 44.8 Å². The molecule has 0 spiro atoms. The van der Waals surface area contributed by atoms with Gasteiger partial charge in [0.05, 0.1) is 13.7 Å². The van der Waals surface area contributed by atoms with Crippen LogP contribution in [-0.4, -0.2) is 57.2 Å². The van der Waals surface area contributed by atoms with Crippen LogP contribution in [0.2, 0.25) is 0 Å². The average Bonchev–Trinajstić information content (AvgIpc) is 2.55. The number of hydrogen-bond acceptors (Lipinski definition) is 4. The summed E-state index contributed by atoms with van der Waals surface area (Å²) in [6, 6.07) is 8.04. The Morgan fingerprint density at radius 3 is 2.52 bits per heavy atom. The van der Waals surface area contributed by atoms with Crippen molar-refractivity contribution in [3.05, 3.63) is 36.9 Å². The zero-order chi connectivity index (χ0) is 15.1. The predicted octanol–water partition coefficient (Wildman–Crippen LogP) is 1.12. The summed E-state index contributed by atoms with van der Waals surface area (Å²) in [5.74, 6) is 1.02. The molecule has 5 nitrogen and oxygen atoms in total. The van der Waals surface area contributed by atoms with Gasteiger partial charge in [0, 0.05) is 38.4 Å². The van der Waals surface area contributed by atoms with Crippen molar-refractivity contribution in [1.82, 2.24) is 10.2 Å². The minimum atomic E-state index is 0.159. The van der Waals surface area contributed by atoms with Crippen LogP contribution in [-0.2, 0) is 4.79 Å². The number of methoxy groups -OCH3 is 1. The standard InChI is InChI=1S/C16H23N3O2/c1-3-8-17-13-16(20)19-11-9-18(10-12-19)14-4-6-15(21-2)7-5-14/h3-7,17H,1,8-13H2,2H3. The quantitative estimate of drug-likeness (QED) is 0.630. The lowest BCUT2D eigenvalue weighted by atomic mass is 10.2. The fraction of sp³-hybridized carbons (Fsp3) is 0.438. The van der Waals surface area contributed by atoms with E-state index in [2.05, 4.69) is 28.9 Å². The largest absolute Gasteiger partial charge is 0.497 e. The smallest absolute Gasteiger partial charge is 0.236 e. The van der Waals surface area contributed by atoms with E-state index >= 15 is 0 Å². The van der Waals surface area contributed by atoms with Crippen molar-refractivity contribution < 1.29 is 9.53 Å². The molecule has 1 fully saturated rings. The number of carbonyl (C=O) groups excluding carboxylic acids is 1. The van der Waals surface area contributed by atoms with E-state index < -0.39 is 0 Å². The summed E-state index contributed by atoms with van der Waals surface area (Å²) < 4.78 is 5.17. The minimum Gasteiger partial charge on any atom is -0.497 e. The lowest BCUT2D eigenvalue weighted by Crippen LogP contribution is -2.50. The van der Waals surface area contributed by atoms with Gasteiger partial charge in [-0.1, -0.05) is 6.08 Å². The molecule has 21 heavy (non-hydrogen) atoms. The van der Waals surface area contributed by atoms with Crippen LogP contribution >= 0.6 is 0 Å². The van der Waals surface area contributed by atoms with Crippen molar-refractivity contribution in [1.29, 1.82) is 0 Å². The summed E-state index contributed by atoms with van der Waals surface area (Å²) in [4.78, 5) is 16.2. The Kier molecular flexibility index (Phi) is 5.63. The number of anilines is 1. The number of rotatable bonds is 6. The maximum absolute atomic E-state index is 12.0. The Morgan fingerprint density at radius 1 is 1.29 bits per heavy atom. The number of hydrogen-bond donors (Lipinski definition) is 1. The zero-order valence-corrected chi connectivity index (χ0v) is 12.5. The third-order valence-electron chi connectivity index (χ3n) is 3.63. The van der Waals surface area contributed by atoms with E-state index in [0.29, 0.717) is 13.1 Å². The Labute approximate surface area is 126 Å². The van der Waals surface area contributed by atoms with Crippen LogP contribution in [0.15, 0.2) is 36.9 Å². The summed E-state index contributed by atoms with van der Waals surface area (Å²) in [5, 5.41) is 3.05. The molecule has 1 heterocycles. The molecule has 2 rings (SSSR count). The first-order chi connectivity index (χ1) is 10.2. The molecule has 1 N–H and O–H groups in total. The van der Waals surface area contributed by atoms with Gasteiger partial charge in [-0.25, -0.2) is 0 Å². The molecular formula is C16H23N3O2. The van der Waals surface area contributed by atoms with Crippen molar-refractivity contribution in [3.8, 4) is 5.75 Å². The molecule has 0 bridgehead atoms. The Bertz CT molecular complexity index is 465. The lowest BCUT2D eigenvalue weighted by Gasteiger charge is -2.36. The van der Waals surface area contributed by atoms with E-state index in [9.17, 15) is 4.79 Å². The van der Waals surface area contributed by atoms with E-state index in [1.54, 1.807) is 13.2 Å². The van der Waals surface area contributed by atoms with Gasteiger partial charge in [0.2, 0.25) is 5.91 Å². The normalized spacial score (nSPS) is 14.9. The maximum atomic E-state index is 12.0. The number of nitrogens with zero attached hydrogens (tertiary/aromatic N) is 2. The molecule has 0 unspecified atom stereocenters. The molecule has 1 aromatic rings. The van der Waals surface area contributed by atoms with Gasteiger partial charge in [0.25, 0.3) is 0 Å². The van der Waals surface area contributed by atoms with E-state index in [4.69, 9.17) is 4.74 Å². The van der Waals surface area contributed by atoms with E-state index in [1.165, 1.54) is 5.69 Å². The van der Waals surface area contributed by atoms with Gasteiger partial charge in [0.1, 0.15) is 5.75 Å². The molecule has 1 aliphatic rings. The molecule has 0 atom stereocenters. The molecule has 1 aromatic carbocycles. The second kappa shape index (κ2) is 7.69. The van der Waals surface area contributed by atoms with Gasteiger partial charge in [-0.2, -0.15) is 0 Å². The number of amides is 1. The molecular weight excluding hydrogens is 266 g/mol. The van der Waals surface area contributed by atoms with Gasteiger partial charge in [-0.05, 0) is 24.3 Å². The fourth-order valence-corrected chi connectivity index (χ4v) is 2.40. The molecule has 114 valence electrons. The molecule has 0 saturated carbocycles. The highest BCUT2D eigenvalue weighted by Gasteiger charge is 2.20. The third-order valence-corrected chi connectivity index (χ3v) is 3.63. The summed E-state index contributed by atoms with van der Waals surface area (Å²) in [5.41, 5.74) is 1.17. The van der Waals surface area contributed by atoms with Crippen LogP contribution in [0.4, 0.5) is 5.69 Å². The van der Waals surface area contributed by atoms with Gasteiger partial charge in [0.15, 0.2) is 0 Å². The number of nitrogens with one attached hydrogen (secondary N) is 1. The lowest BCUT2D eigenvalue weighted by molar-refractivity contribution is -0.130. The summed E-state index contributed by atoms with van der Waals surface area (Å²) >= 11 is 0. The second-order valence-electron chi connectivity index (χ2n) is 4.99. The molecule has 1 amide bonds. The highest BCUT2D eigenvalue weighted by Crippen LogP contribution is 2.20. The van der Waals surface area contributed by atoms with Crippen molar-refractivity contribution in [2.24, 2.45) is 0 Å². The first-order valence-corrected chi connectivity index (χ1v) is 7.23. The van der Waals surface area contributed by atoms with Crippen LogP contribution in [0.5, 0.6) is 5.75 Å². The Balaban J connectivity index is 1.81. The third kappa shape index (κ3) is 4.23. The van der Waals surface area contributed by atoms with Crippen molar-refractivity contribution in [2.45, 2.75) is 0 Å². The number of benzene rings is 1. The summed E-state index contributed by atoms with van der Waals surface area (Å²) in [6.45, 7) is 7.92. The van der Waals surface area contributed by atoms with Crippen molar-refractivity contribution in [3.63, 3.8) is 0 Å². The fourth-order valence-electron chi connectivity index (χ4n) is 2.40. The highest BCUT2D eigenvalue weighted by molar-refractivity contribution is 5.78. The minimum absolute atomic E-state index is 0.159. The monoisotopic (exact) mass is 289 g/mol. The molecule has 1 aliphatic heterocycles. The Hall–Kier alpha value is -2.01. The van der Waals surface area contributed by atoms with Gasteiger partial charge < -0.3 is 19.9 Å². The van der Waals surface area contributed by atoms with E-state index in [-0.39, 0.29) is 5.91 Å². The first-order valence-electron chi connectivity index (χ1n) is 7.23. The molecule has 5 heteroatoms. The number of piperazine rings is 1. The average molecular weight is 289 g/mol. The van der Waals surface area contributed by atoms with Gasteiger partial charge in [-0.3, -0.25) is 4.79 Å². The number of ether oxygens (including phenoxy) is 1. The van der Waals surface area contributed by atoms with Crippen LogP contribution in [0.25, 0.3) is 0 Å². The van der Waals surface area contributed by atoms with Crippen LogP contribution in [0.3, 0.4) is 0 Å². The van der Waals surface area contributed by atoms with Crippen LogP contribution in [0.1, 0.15) is 0 Å². The number of carbonyl (C=O) groups is 1. The first kappa shape index (κ1) is 15.4. The second-order valence-corrected chi connectivity index (χ2v) is 4.99. The SMILES string of the molecule is C=CCNCC(=O)N1CCN(c2ccc(OC)cc2)CC1. The van der Waals surface area contributed by atoms with Crippen molar-refractivity contribution >= 4 is 11.6 Å². The van der Waals surface area contributed by atoms with Crippen LogP contribution < -0.4 is 15.0 Å². The van der Waals surface area contributed by atoms with E-state index in [0.717, 1.165) is 31.9 Å². The molecule has 0 aromatic heterocycles. The van der Waals surface area contributed by atoms with Crippen molar-refractivity contribution in [2.75, 3.05) is 51.3 Å². The molecule has 1 saturated heterocycles. The summed E-state index contributed by atoms with van der Waals surface area (Å²) in [7, 11) is 1.67. The highest BCUT2D eigenvalue weighted by atomic mass is 16.5.